The highest BCUT2D eigenvalue weighted by Gasteiger charge is 2.72. The van der Waals surface area contributed by atoms with Gasteiger partial charge in [0.1, 0.15) is 0 Å². The van der Waals surface area contributed by atoms with Gasteiger partial charge in [-0.1, -0.05) is 42.5 Å². The van der Waals surface area contributed by atoms with Crippen LogP contribution in [0, 0.1) is 11.8 Å². The third-order valence-corrected chi connectivity index (χ3v) is 5.96. The van der Waals surface area contributed by atoms with Crippen molar-refractivity contribution in [3.8, 4) is 0 Å². The zero-order chi connectivity index (χ0) is 18.9. The monoisotopic (exact) mass is 360 g/mol. The van der Waals surface area contributed by atoms with E-state index in [1.165, 1.54) is 0 Å². The number of anilines is 1. The minimum absolute atomic E-state index is 0.307. The van der Waals surface area contributed by atoms with Crippen LogP contribution in [0.1, 0.15) is 27.6 Å². The molecule has 3 aliphatic rings. The Bertz CT molecular complexity index is 994. The van der Waals surface area contributed by atoms with Crippen LogP contribution >= 0.6 is 0 Å². The summed E-state index contributed by atoms with van der Waals surface area (Å²) >= 11 is 0. The van der Waals surface area contributed by atoms with Crippen molar-refractivity contribution in [3.63, 3.8) is 0 Å². The minimum Gasteiger partial charge on any atom is -0.294 e. The third kappa shape index (κ3) is 1.78. The lowest BCUT2D eigenvalue weighted by atomic mass is 9.77. The van der Waals surface area contributed by atoms with Gasteiger partial charge in [0.25, 0.3) is 0 Å². The van der Waals surface area contributed by atoms with Crippen LogP contribution in [0.5, 0.6) is 0 Å². The average Bonchev–Trinajstić information content (AvgIpc) is 3.22. The molecule has 0 unspecified atom stereocenters. The number of imide groups is 1. The zero-order valence-corrected chi connectivity index (χ0v) is 14.5. The van der Waals surface area contributed by atoms with E-state index in [-0.39, 0.29) is 5.91 Å². The Morgan fingerprint density at radius 3 is 1.96 bits per heavy atom. The molecule has 3 atom stereocenters. The fourth-order valence-corrected chi connectivity index (χ4v) is 4.84. The molecule has 1 N–H and O–H groups in total. The Hall–Kier alpha value is -3.12. The van der Waals surface area contributed by atoms with E-state index >= 15 is 0 Å². The second-order valence-electron chi connectivity index (χ2n) is 7.30. The number of rotatable bonds is 1. The van der Waals surface area contributed by atoms with Gasteiger partial charge in [-0.05, 0) is 19.1 Å². The average molecular weight is 360 g/mol. The molecule has 2 aromatic rings. The summed E-state index contributed by atoms with van der Waals surface area (Å²) < 4.78 is 0. The van der Waals surface area contributed by atoms with Gasteiger partial charge < -0.3 is 0 Å². The van der Waals surface area contributed by atoms with Gasteiger partial charge in [0.05, 0.1) is 17.5 Å². The maximum Gasteiger partial charge on any atom is 0.240 e. The number of Topliss-reactive ketones (excluding diaryl/α,β-unsaturated/α-hetero) is 2. The molecule has 0 aromatic heterocycles. The van der Waals surface area contributed by atoms with Gasteiger partial charge in [-0.25, -0.2) is 4.90 Å². The number of nitrogens with one attached hydrogen (secondary N) is 1. The van der Waals surface area contributed by atoms with Crippen molar-refractivity contribution >= 4 is 29.1 Å². The SMILES string of the molecule is C[C@H]1NC2(C(=O)c3ccccc3C2=O)[C@@H]2C(=O)N(c3ccccc3)C(=O)[C@H]21. The Kier molecular flexibility index (Phi) is 3.10. The molecule has 6 heteroatoms. The number of para-hydroxylation sites is 1. The van der Waals surface area contributed by atoms with E-state index < -0.39 is 40.9 Å². The Labute approximate surface area is 155 Å². The van der Waals surface area contributed by atoms with Crippen LogP contribution in [-0.2, 0) is 9.59 Å². The summed E-state index contributed by atoms with van der Waals surface area (Å²) in [6, 6.07) is 14.7. The molecule has 2 aromatic carbocycles. The van der Waals surface area contributed by atoms with Gasteiger partial charge in [0.2, 0.25) is 11.8 Å². The highest BCUT2D eigenvalue weighted by molar-refractivity contribution is 6.37. The first-order valence-corrected chi connectivity index (χ1v) is 8.87. The fourth-order valence-electron chi connectivity index (χ4n) is 4.84. The molecule has 5 rings (SSSR count). The number of fused-ring (bicyclic) bond motifs is 3. The lowest BCUT2D eigenvalue weighted by Gasteiger charge is -2.27. The summed E-state index contributed by atoms with van der Waals surface area (Å²) in [6.45, 7) is 1.75. The van der Waals surface area contributed by atoms with Gasteiger partial charge in [0, 0.05) is 17.2 Å². The Balaban J connectivity index is 1.67. The van der Waals surface area contributed by atoms with Crippen LogP contribution in [-0.4, -0.2) is 35.0 Å². The quantitative estimate of drug-likeness (QED) is 0.617. The van der Waals surface area contributed by atoms with E-state index in [1.807, 2.05) is 0 Å². The number of carbonyl (C=O) groups excluding carboxylic acids is 4. The van der Waals surface area contributed by atoms with Crippen LogP contribution < -0.4 is 10.2 Å². The normalized spacial score (nSPS) is 28.2. The second kappa shape index (κ2) is 5.20. The molecule has 0 bridgehead atoms. The molecule has 2 fully saturated rings. The van der Waals surface area contributed by atoms with Gasteiger partial charge >= 0.3 is 0 Å². The largest absolute Gasteiger partial charge is 0.294 e. The lowest BCUT2D eigenvalue weighted by molar-refractivity contribution is -0.123. The molecule has 2 aliphatic heterocycles. The smallest absolute Gasteiger partial charge is 0.240 e. The first kappa shape index (κ1) is 16.1. The summed E-state index contributed by atoms with van der Waals surface area (Å²) in [5.41, 5.74) is -0.619. The molecular weight excluding hydrogens is 344 g/mol. The predicted molar refractivity (Wildman–Crippen MR) is 96.3 cm³/mol. The second-order valence-corrected chi connectivity index (χ2v) is 7.30. The summed E-state index contributed by atoms with van der Waals surface area (Å²) in [5, 5.41) is 3.04. The summed E-state index contributed by atoms with van der Waals surface area (Å²) in [6.07, 6.45) is 0. The van der Waals surface area contributed by atoms with Crippen molar-refractivity contribution in [1.29, 1.82) is 0 Å². The summed E-state index contributed by atoms with van der Waals surface area (Å²) in [5.74, 6) is -3.49. The van der Waals surface area contributed by atoms with Crippen LogP contribution in [0.15, 0.2) is 54.6 Å². The molecule has 0 radical (unpaired) electrons. The van der Waals surface area contributed by atoms with Crippen LogP contribution in [0.2, 0.25) is 0 Å². The number of carbonyl (C=O) groups is 4. The van der Waals surface area contributed by atoms with E-state index in [4.69, 9.17) is 0 Å². The van der Waals surface area contributed by atoms with Gasteiger partial charge in [-0.15, -0.1) is 0 Å². The third-order valence-electron chi connectivity index (χ3n) is 5.96. The molecular formula is C21H16N2O4. The van der Waals surface area contributed by atoms with Crippen molar-refractivity contribution < 1.29 is 19.2 Å². The maximum atomic E-state index is 13.3. The first-order valence-electron chi connectivity index (χ1n) is 8.87. The van der Waals surface area contributed by atoms with E-state index in [9.17, 15) is 19.2 Å². The molecule has 27 heavy (non-hydrogen) atoms. The van der Waals surface area contributed by atoms with Crippen molar-refractivity contribution in [2.75, 3.05) is 4.90 Å². The topological polar surface area (TPSA) is 83.6 Å². The van der Waals surface area contributed by atoms with E-state index in [1.54, 1.807) is 61.5 Å². The lowest BCUT2D eigenvalue weighted by Crippen LogP contribution is -2.58. The molecule has 0 saturated carbocycles. The van der Waals surface area contributed by atoms with E-state index in [2.05, 4.69) is 5.32 Å². The van der Waals surface area contributed by atoms with Crippen molar-refractivity contribution in [2.45, 2.75) is 18.5 Å². The van der Waals surface area contributed by atoms with Gasteiger partial charge in [-0.2, -0.15) is 0 Å². The molecule has 6 nitrogen and oxygen atoms in total. The number of hydrogen-bond donors (Lipinski definition) is 1. The Morgan fingerprint density at radius 1 is 0.815 bits per heavy atom. The zero-order valence-electron chi connectivity index (χ0n) is 14.5. The molecule has 2 amide bonds. The first-order chi connectivity index (χ1) is 13.0. The summed E-state index contributed by atoms with van der Waals surface area (Å²) in [7, 11) is 0. The highest BCUT2D eigenvalue weighted by atomic mass is 16.2. The van der Waals surface area contributed by atoms with Crippen LogP contribution in [0.25, 0.3) is 0 Å². The van der Waals surface area contributed by atoms with Crippen LogP contribution in [0.3, 0.4) is 0 Å². The molecule has 2 saturated heterocycles. The van der Waals surface area contributed by atoms with E-state index in [0.717, 1.165) is 4.90 Å². The molecule has 2 heterocycles. The number of amides is 2. The molecule has 1 spiro atoms. The predicted octanol–water partition coefficient (Wildman–Crippen LogP) is 1.60. The van der Waals surface area contributed by atoms with Gasteiger partial charge in [-0.3, -0.25) is 24.5 Å². The highest BCUT2D eigenvalue weighted by Crippen LogP contribution is 2.49. The summed E-state index contributed by atoms with van der Waals surface area (Å²) in [4.78, 5) is 54.0. The van der Waals surface area contributed by atoms with Crippen molar-refractivity contribution in [2.24, 2.45) is 11.8 Å². The van der Waals surface area contributed by atoms with Crippen molar-refractivity contribution in [1.82, 2.24) is 5.32 Å². The maximum absolute atomic E-state index is 13.3. The number of nitrogens with zero attached hydrogens (tertiary/aromatic N) is 1. The number of benzene rings is 2. The molecule has 134 valence electrons. The fraction of sp³-hybridized carbons (Fsp3) is 0.238. The number of hydrogen-bond acceptors (Lipinski definition) is 5. The van der Waals surface area contributed by atoms with Crippen LogP contribution in [0.4, 0.5) is 5.69 Å². The van der Waals surface area contributed by atoms with E-state index in [0.29, 0.717) is 16.8 Å². The van der Waals surface area contributed by atoms with Crippen molar-refractivity contribution in [3.05, 3.63) is 65.7 Å². The number of ketones is 2. The van der Waals surface area contributed by atoms with Gasteiger partial charge in [0.15, 0.2) is 17.1 Å². The Morgan fingerprint density at radius 2 is 1.37 bits per heavy atom. The molecule has 1 aliphatic carbocycles. The standard InChI is InChI=1S/C21H16N2O4/c1-11-15-16(20(27)23(19(15)26)12-7-3-2-4-8-12)21(22-11)17(24)13-9-5-6-10-14(13)18(21)25/h2-11,15-16,22H,1H3/t11-,15+,16+/m1/s1. The minimum atomic E-state index is -1.69.